The Hall–Kier alpha value is -1.07. The molecule has 0 amide bonds. The number of aromatic hydroxyl groups is 1. The van der Waals surface area contributed by atoms with Gasteiger partial charge in [0.15, 0.2) is 0 Å². The highest BCUT2D eigenvalue weighted by molar-refractivity contribution is 7.84. The zero-order valence-corrected chi connectivity index (χ0v) is 12.3. The molecule has 0 fully saturated rings. The van der Waals surface area contributed by atoms with Gasteiger partial charge in [-0.1, -0.05) is 6.07 Å². The van der Waals surface area contributed by atoms with Gasteiger partial charge in [0.2, 0.25) is 0 Å². The topological polar surface area (TPSA) is 58.6 Å². The first-order chi connectivity index (χ1) is 8.25. The molecule has 0 saturated carbocycles. The Bertz CT molecular complexity index is 440. The van der Waals surface area contributed by atoms with Crippen LogP contribution in [-0.2, 0) is 11.0 Å². The highest BCUT2D eigenvalue weighted by Gasteiger charge is 2.22. The second-order valence-electron chi connectivity index (χ2n) is 5.15. The van der Waals surface area contributed by atoms with Crippen molar-refractivity contribution in [3.8, 4) is 11.5 Å². The van der Waals surface area contributed by atoms with E-state index in [1.165, 1.54) is 0 Å². The zero-order valence-electron chi connectivity index (χ0n) is 11.5. The van der Waals surface area contributed by atoms with Crippen LogP contribution in [0.2, 0.25) is 0 Å². The Labute approximate surface area is 111 Å². The van der Waals surface area contributed by atoms with Gasteiger partial charge < -0.3 is 9.84 Å². The van der Waals surface area contributed by atoms with Gasteiger partial charge in [0.05, 0.1) is 22.8 Å². The van der Waals surface area contributed by atoms with E-state index in [0.717, 1.165) is 0 Å². The summed E-state index contributed by atoms with van der Waals surface area (Å²) in [5, 5.41) is 9.89. The molecule has 2 atom stereocenters. The molecular formula is C13H21NO3S. The van der Waals surface area contributed by atoms with Crippen LogP contribution in [0, 0.1) is 0 Å². The Morgan fingerprint density at radius 2 is 2.00 bits per heavy atom. The van der Waals surface area contributed by atoms with E-state index in [9.17, 15) is 9.32 Å². The maximum Gasteiger partial charge on any atom is 0.124 e. The van der Waals surface area contributed by atoms with Crippen molar-refractivity contribution in [2.45, 2.75) is 38.5 Å². The molecule has 18 heavy (non-hydrogen) atoms. The Kier molecular flexibility index (Phi) is 4.76. The first-order valence-corrected chi connectivity index (χ1v) is 6.95. The van der Waals surface area contributed by atoms with Crippen LogP contribution in [0.1, 0.15) is 39.3 Å². The molecular weight excluding hydrogens is 250 g/mol. The Balaban J connectivity index is 2.85. The van der Waals surface area contributed by atoms with Crippen LogP contribution >= 0.6 is 0 Å². The molecule has 1 rings (SSSR count). The highest BCUT2D eigenvalue weighted by Crippen LogP contribution is 2.29. The first kappa shape index (κ1) is 15.0. The fourth-order valence-corrected chi connectivity index (χ4v) is 2.22. The van der Waals surface area contributed by atoms with Gasteiger partial charge in [0.1, 0.15) is 11.5 Å². The summed E-state index contributed by atoms with van der Waals surface area (Å²) >= 11 is 0. The minimum atomic E-state index is -1.18. The molecule has 0 aliphatic heterocycles. The van der Waals surface area contributed by atoms with Crippen LogP contribution in [0.25, 0.3) is 0 Å². The number of benzene rings is 1. The van der Waals surface area contributed by atoms with Crippen molar-refractivity contribution in [2.24, 2.45) is 0 Å². The van der Waals surface area contributed by atoms with Gasteiger partial charge in [-0.15, -0.1) is 0 Å². The lowest BCUT2D eigenvalue weighted by Crippen LogP contribution is -2.34. The first-order valence-electron chi connectivity index (χ1n) is 5.80. The van der Waals surface area contributed by atoms with E-state index >= 15 is 0 Å². The number of nitrogens with one attached hydrogen (secondary N) is 1. The maximum absolute atomic E-state index is 12.0. The molecule has 0 saturated heterocycles. The average Bonchev–Trinajstić information content (AvgIpc) is 2.27. The summed E-state index contributed by atoms with van der Waals surface area (Å²) in [4.78, 5) is 0. The fourth-order valence-electron chi connectivity index (χ4n) is 1.42. The lowest BCUT2D eigenvalue weighted by Gasteiger charge is -2.22. The minimum absolute atomic E-state index is 0.139. The molecule has 0 aliphatic carbocycles. The van der Waals surface area contributed by atoms with Crippen molar-refractivity contribution >= 4 is 11.0 Å². The van der Waals surface area contributed by atoms with Crippen LogP contribution in [-0.4, -0.2) is 21.2 Å². The third kappa shape index (κ3) is 3.71. The number of rotatable bonds is 4. The summed E-state index contributed by atoms with van der Waals surface area (Å²) in [6.45, 7) is 7.56. The smallest absolute Gasteiger partial charge is 0.124 e. The lowest BCUT2D eigenvalue weighted by atomic mass is 10.1. The predicted molar refractivity (Wildman–Crippen MR) is 74.1 cm³/mol. The van der Waals surface area contributed by atoms with E-state index in [1.54, 1.807) is 25.3 Å². The second-order valence-corrected chi connectivity index (χ2v) is 7.14. The summed E-state index contributed by atoms with van der Waals surface area (Å²) < 4.78 is 19.6. The molecule has 5 heteroatoms. The molecule has 1 aromatic carbocycles. The van der Waals surface area contributed by atoms with Crippen molar-refractivity contribution in [3.05, 3.63) is 23.8 Å². The number of ether oxygens (including phenoxy) is 1. The summed E-state index contributed by atoms with van der Waals surface area (Å²) in [6.07, 6.45) is 0. The van der Waals surface area contributed by atoms with Crippen molar-refractivity contribution in [2.75, 3.05) is 7.11 Å². The zero-order chi connectivity index (χ0) is 13.9. The highest BCUT2D eigenvalue weighted by atomic mass is 32.2. The van der Waals surface area contributed by atoms with Crippen LogP contribution in [0.15, 0.2) is 18.2 Å². The van der Waals surface area contributed by atoms with Crippen molar-refractivity contribution in [1.82, 2.24) is 4.72 Å². The molecule has 0 bridgehead atoms. The molecule has 102 valence electrons. The van der Waals surface area contributed by atoms with Gasteiger partial charge in [0, 0.05) is 17.7 Å². The van der Waals surface area contributed by atoms with E-state index < -0.39 is 11.0 Å². The minimum Gasteiger partial charge on any atom is -0.507 e. The normalized spacial score (nSPS) is 15.2. The van der Waals surface area contributed by atoms with Crippen LogP contribution in [0.3, 0.4) is 0 Å². The van der Waals surface area contributed by atoms with Crippen molar-refractivity contribution < 1.29 is 14.1 Å². The third-order valence-electron chi connectivity index (χ3n) is 2.54. The molecule has 0 radical (unpaired) electrons. The van der Waals surface area contributed by atoms with Gasteiger partial charge in [-0.25, -0.2) is 8.93 Å². The summed E-state index contributed by atoms with van der Waals surface area (Å²) in [5.74, 6) is 0.737. The van der Waals surface area contributed by atoms with E-state index in [0.29, 0.717) is 11.3 Å². The molecule has 0 heterocycles. The summed E-state index contributed by atoms with van der Waals surface area (Å²) in [6, 6.07) is 4.89. The molecule has 0 spiro atoms. The molecule has 2 N–H and O–H groups in total. The van der Waals surface area contributed by atoms with E-state index in [-0.39, 0.29) is 16.5 Å². The average molecular weight is 271 g/mol. The van der Waals surface area contributed by atoms with Gasteiger partial charge in [0.25, 0.3) is 0 Å². The molecule has 0 aromatic heterocycles. The van der Waals surface area contributed by atoms with Crippen molar-refractivity contribution in [1.29, 1.82) is 0 Å². The van der Waals surface area contributed by atoms with Gasteiger partial charge >= 0.3 is 0 Å². The Morgan fingerprint density at radius 3 is 2.44 bits per heavy atom. The molecule has 4 nitrogen and oxygen atoms in total. The van der Waals surface area contributed by atoms with E-state index in [2.05, 4.69) is 4.72 Å². The van der Waals surface area contributed by atoms with E-state index in [1.807, 2.05) is 27.7 Å². The molecule has 0 aliphatic rings. The van der Waals surface area contributed by atoms with Gasteiger partial charge in [-0.05, 0) is 33.8 Å². The maximum atomic E-state index is 12.0. The third-order valence-corrected chi connectivity index (χ3v) is 4.22. The quantitative estimate of drug-likeness (QED) is 0.884. The van der Waals surface area contributed by atoms with Gasteiger partial charge in [-0.3, -0.25) is 0 Å². The van der Waals surface area contributed by atoms with E-state index in [4.69, 9.17) is 4.74 Å². The summed E-state index contributed by atoms with van der Waals surface area (Å²) in [7, 11) is 0.371. The number of phenols is 1. The van der Waals surface area contributed by atoms with Crippen LogP contribution < -0.4 is 9.46 Å². The Morgan fingerprint density at radius 1 is 1.39 bits per heavy atom. The van der Waals surface area contributed by atoms with Crippen LogP contribution in [0.4, 0.5) is 0 Å². The second kappa shape index (κ2) is 5.71. The number of phenolic OH excluding ortho intramolecular Hbond substituents is 1. The standard InChI is InChI=1S/C13H21NO3S/c1-9(14-18(16)13(2,3)4)11-7-6-10(17-5)8-12(11)15/h6-9,14-15H,1-5H3/t9-,18?/m1/s1. The largest absolute Gasteiger partial charge is 0.507 e. The SMILES string of the molecule is COc1ccc([C@@H](C)NS(=O)C(C)(C)C)c(O)c1. The van der Waals surface area contributed by atoms with Gasteiger partial charge in [-0.2, -0.15) is 0 Å². The molecule has 1 aromatic rings. The van der Waals surface area contributed by atoms with Crippen LogP contribution in [0.5, 0.6) is 11.5 Å². The molecule has 1 unspecified atom stereocenters. The fraction of sp³-hybridized carbons (Fsp3) is 0.538. The number of methoxy groups -OCH3 is 1. The number of hydrogen-bond donors (Lipinski definition) is 2. The summed E-state index contributed by atoms with van der Waals surface area (Å²) in [5.41, 5.74) is 0.702. The predicted octanol–water partition coefficient (Wildman–Crippen LogP) is 2.51. The van der Waals surface area contributed by atoms with Crippen molar-refractivity contribution in [3.63, 3.8) is 0 Å². The monoisotopic (exact) mass is 271 g/mol. The number of hydrogen-bond acceptors (Lipinski definition) is 3. The lowest BCUT2D eigenvalue weighted by molar-refractivity contribution is 0.405.